The molecule has 1 aromatic heterocycles. The molecule has 124 valence electrons. The van der Waals surface area contributed by atoms with Gasteiger partial charge in [0, 0.05) is 12.6 Å². The summed E-state index contributed by atoms with van der Waals surface area (Å²) in [4.78, 5) is 18.8. The van der Waals surface area contributed by atoms with Gasteiger partial charge in [0.1, 0.15) is 11.5 Å². The van der Waals surface area contributed by atoms with Crippen molar-refractivity contribution in [2.24, 2.45) is 0 Å². The van der Waals surface area contributed by atoms with Crippen LogP contribution in [0.2, 0.25) is 0 Å². The molecule has 3 aromatic rings. The number of hydrogen-bond donors (Lipinski definition) is 0. The number of carbonyl (C=O) groups is 1. The first-order valence-corrected chi connectivity index (χ1v) is 8.27. The molecule has 3 rings (SSSR count). The molecular weight excluding hydrogens is 324 g/mol. The number of methoxy groups -OCH3 is 2. The van der Waals surface area contributed by atoms with E-state index in [1.807, 2.05) is 36.4 Å². The van der Waals surface area contributed by atoms with Crippen molar-refractivity contribution in [3.63, 3.8) is 0 Å². The predicted octanol–water partition coefficient (Wildman–Crippen LogP) is 3.52. The Labute approximate surface area is 144 Å². The van der Waals surface area contributed by atoms with Crippen LogP contribution in [0, 0.1) is 0 Å². The minimum atomic E-state index is -0.0550. The molecular formula is C18H18N2O3S. The summed E-state index contributed by atoms with van der Waals surface area (Å²) >= 11 is 1.50. The summed E-state index contributed by atoms with van der Waals surface area (Å²) < 4.78 is 11.6. The molecule has 0 fully saturated rings. The minimum Gasteiger partial charge on any atom is -0.497 e. The number of ether oxygens (including phenoxy) is 2. The molecule has 0 bridgehead atoms. The van der Waals surface area contributed by atoms with Crippen LogP contribution in [0.1, 0.15) is 5.56 Å². The molecule has 1 heterocycles. The monoisotopic (exact) mass is 342 g/mol. The number of fused-ring (bicyclic) bond motifs is 1. The van der Waals surface area contributed by atoms with Crippen molar-refractivity contribution < 1.29 is 14.3 Å². The lowest BCUT2D eigenvalue weighted by molar-refractivity contribution is -0.117. The fraction of sp³-hybridized carbons (Fsp3) is 0.222. The fourth-order valence-corrected chi connectivity index (χ4v) is 3.36. The summed E-state index contributed by atoms with van der Waals surface area (Å²) in [6.07, 6.45) is 0.215. The average Bonchev–Trinajstić information content (AvgIpc) is 3.05. The SMILES string of the molecule is COc1ccc(OC)c(CC(=O)N(C)c2nc3ccccc3s2)c1. The number of likely N-dealkylation sites (N-methyl/N-ethyl adjacent to an activating group) is 1. The van der Waals surface area contributed by atoms with Crippen molar-refractivity contribution in [1.29, 1.82) is 0 Å². The number of rotatable bonds is 5. The number of amides is 1. The second kappa shape index (κ2) is 6.88. The van der Waals surface area contributed by atoms with Gasteiger partial charge in [-0.3, -0.25) is 9.69 Å². The van der Waals surface area contributed by atoms with Crippen molar-refractivity contribution in [2.45, 2.75) is 6.42 Å². The first-order chi connectivity index (χ1) is 11.6. The van der Waals surface area contributed by atoms with Gasteiger partial charge in [-0.15, -0.1) is 0 Å². The highest BCUT2D eigenvalue weighted by atomic mass is 32.1. The van der Waals surface area contributed by atoms with E-state index >= 15 is 0 Å². The molecule has 0 radical (unpaired) electrons. The predicted molar refractivity (Wildman–Crippen MR) is 96.3 cm³/mol. The molecule has 0 spiro atoms. The second-order valence-electron chi connectivity index (χ2n) is 5.27. The van der Waals surface area contributed by atoms with Crippen molar-refractivity contribution in [1.82, 2.24) is 4.98 Å². The standard InChI is InChI=1S/C18H18N2O3S/c1-20(18-19-14-6-4-5-7-16(14)24-18)17(21)11-12-10-13(22-2)8-9-15(12)23-3/h4-10H,11H2,1-3H3. The van der Waals surface area contributed by atoms with Gasteiger partial charge in [-0.25, -0.2) is 4.98 Å². The second-order valence-corrected chi connectivity index (χ2v) is 6.28. The lowest BCUT2D eigenvalue weighted by Crippen LogP contribution is -2.27. The van der Waals surface area contributed by atoms with Gasteiger partial charge in [-0.2, -0.15) is 0 Å². The third kappa shape index (κ3) is 3.19. The van der Waals surface area contributed by atoms with Crippen LogP contribution in [0.4, 0.5) is 5.13 Å². The maximum atomic E-state index is 12.7. The van der Waals surface area contributed by atoms with Crippen LogP contribution in [-0.2, 0) is 11.2 Å². The van der Waals surface area contributed by atoms with Gasteiger partial charge in [-0.1, -0.05) is 23.5 Å². The Hall–Kier alpha value is -2.60. The Bertz CT molecular complexity index is 843. The molecule has 5 nitrogen and oxygen atoms in total. The largest absolute Gasteiger partial charge is 0.497 e. The molecule has 0 saturated heterocycles. The topological polar surface area (TPSA) is 51.7 Å². The first kappa shape index (κ1) is 16.3. The number of hydrogen-bond acceptors (Lipinski definition) is 5. The van der Waals surface area contributed by atoms with E-state index in [1.54, 1.807) is 32.2 Å². The van der Waals surface area contributed by atoms with Crippen LogP contribution < -0.4 is 14.4 Å². The van der Waals surface area contributed by atoms with E-state index in [-0.39, 0.29) is 12.3 Å². The number of nitrogens with zero attached hydrogens (tertiary/aromatic N) is 2. The van der Waals surface area contributed by atoms with Gasteiger partial charge in [0.15, 0.2) is 5.13 Å². The highest BCUT2D eigenvalue weighted by Crippen LogP contribution is 2.29. The van der Waals surface area contributed by atoms with E-state index in [1.165, 1.54) is 11.3 Å². The van der Waals surface area contributed by atoms with Crippen LogP contribution in [0.15, 0.2) is 42.5 Å². The highest BCUT2D eigenvalue weighted by Gasteiger charge is 2.18. The molecule has 0 saturated carbocycles. The molecule has 0 atom stereocenters. The third-order valence-electron chi connectivity index (χ3n) is 3.77. The molecule has 0 unspecified atom stereocenters. The van der Waals surface area contributed by atoms with Gasteiger partial charge in [0.2, 0.25) is 5.91 Å². The Kier molecular flexibility index (Phi) is 4.66. The fourth-order valence-electron chi connectivity index (χ4n) is 2.41. The third-order valence-corrected chi connectivity index (χ3v) is 4.89. The maximum absolute atomic E-state index is 12.7. The molecule has 0 aliphatic carbocycles. The first-order valence-electron chi connectivity index (χ1n) is 7.45. The van der Waals surface area contributed by atoms with Crippen LogP contribution in [0.3, 0.4) is 0 Å². The van der Waals surface area contributed by atoms with E-state index in [0.29, 0.717) is 16.6 Å². The Morgan fingerprint density at radius 3 is 2.67 bits per heavy atom. The van der Waals surface area contributed by atoms with Gasteiger partial charge >= 0.3 is 0 Å². The maximum Gasteiger partial charge on any atom is 0.233 e. The van der Waals surface area contributed by atoms with Gasteiger partial charge < -0.3 is 9.47 Å². The van der Waals surface area contributed by atoms with Gasteiger partial charge in [0.25, 0.3) is 0 Å². The smallest absolute Gasteiger partial charge is 0.233 e. The van der Waals surface area contributed by atoms with E-state index < -0.39 is 0 Å². The van der Waals surface area contributed by atoms with E-state index in [0.717, 1.165) is 15.8 Å². The highest BCUT2D eigenvalue weighted by molar-refractivity contribution is 7.22. The molecule has 0 aliphatic heterocycles. The number of aromatic nitrogens is 1. The lowest BCUT2D eigenvalue weighted by Gasteiger charge is -2.15. The summed E-state index contributed by atoms with van der Waals surface area (Å²) in [5.41, 5.74) is 1.69. The number of carbonyl (C=O) groups excluding carboxylic acids is 1. The molecule has 24 heavy (non-hydrogen) atoms. The molecule has 2 aromatic carbocycles. The van der Waals surface area contributed by atoms with E-state index in [4.69, 9.17) is 9.47 Å². The molecule has 0 aliphatic rings. The van der Waals surface area contributed by atoms with Gasteiger partial charge in [-0.05, 0) is 30.3 Å². The number of para-hydroxylation sites is 1. The zero-order chi connectivity index (χ0) is 17.1. The average molecular weight is 342 g/mol. The lowest BCUT2D eigenvalue weighted by atomic mass is 10.1. The molecule has 6 heteroatoms. The molecule has 1 amide bonds. The number of anilines is 1. The normalized spacial score (nSPS) is 10.6. The Morgan fingerprint density at radius 2 is 1.96 bits per heavy atom. The summed E-state index contributed by atoms with van der Waals surface area (Å²) in [5, 5.41) is 0.683. The van der Waals surface area contributed by atoms with Crippen LogP contribution in [0.25, 0.3) is 10.2 Å². The van der Waals surface area contributed by atoms with Crippen molar-refractivity contribution in [2.75, 3.05) is 26.2 Å². The Morgan fingerprint density at radius 1 is 1.17 bits per heavy atom. The van der Waals surface area contributed by atoms with Crippen LogP contribution in [0.5, 0.6) is 11.5 Å². The summed E-state index contributed by atoms with van der Waals surface area (Å²) in [6.45, 7) is 0. The van der Waals surface area contributed by atoms with Gasteiger partial charge in [0.05, 0.1) is 30.9 Å². The van der Waals surface area contributed by atoms with E-state index in [2.05, 4.69) is 4.98 Å². The summed E-state index contributed by atoms with van der Waals surface area (Å²) in [5.74, 6) is 1.31. The summed E-state index contributed by atoms with van der Waals surface area (Å²) in [7, 11) is 4.93. The van der Waals surface area contributed by atoms with Crippen LogP contribution >= 0.6 is 11.3 Å². The van der Waals surface area contributed by atoms with Crippen molar-refractivity contribution >= 4 is 32.6 Å². The van der Waals surface area contributed by atoms with Crippen molar-refractivity contribution in [3.05, 3.63) is 48.0 Å². The zero-order valence-electron chi connectivity index (χ0n) is 13.8. The number of thiazole rings is 1. The minimum absolute atomic E-state index is 0.0550. The van der Waals surface area contributed by atoms with Crippen LogP contribution in [-0.4, -0.2) is 32.2 Å². The summed E-state index contributed by atoms with van der Waals surface area (Å²) in [6, 6.07) is 13.3. The van der Waals surface area contributed by atoms with E-state index in [9.17, 15) is 4.79 Å². The number of benzene rings is 2. The molecule has 0 N–H and O–H groups in total. The Balaban J connectivity index is 1.83. The zero-order valence-corrected chi connectivity index (χ0v) is 14.6. The van der Waals surface area contributed by atoms with Crippen molar-refractivity contribution in [3.8, 4) is 11.5 Å². The quantitative estimate of drug-likeness (QED) is 0.712.